The highest BCUT2D eigenvalue weighted by Gasteiger charge is 2.39. The van der Waals surface area contributed by atoms with Gasteiger partial charge in [0.2, 0.25) is 0 Å². The van der Waals surface area contributed by atoms with Crippen molar-refractivity contribution >= 4 is 10.8 Å². The average molecular weight is 214 g/mol. The molecule has 0 unspecified atom stereocenters. The quantitative estimate of drug-likeness (QED) is 0.829. The van der Waals surface area contributed by atoms with Crippen molar-refractivity contribution in [1.82, 2.24) is 0 Å². The minimum Gasteiger partial charge on any atom is -0.395 e. The highest BCUT2D eigenvalue weighted by molar-refractivity contribution is 5.83. The Balaban J connectivity index is 2.11. The zero-order chi connectivity index (χ0) is 11.0. The lowest BCUT2D eigenvalue weighted by molar-refractivity contribution is -0.0841. The van der Waals surface area contributed by atoms with E-state index in [0.717, 1.165) is 0 Å². The van der Waals surface area contributed by atoms with Gasteiger partial charge in [0.15, 0.2) is 0 Å². The van der Waals surface area contributed by atoms with E-state index < -0.39 is 0 Å². The van der Waals surface area contributed by atoms with Crippen molar-refractivity contribution < 1.29 is 9.84 Å². The Morgan fingerprint density at radius 1 is 1.06 bits per heavy atom. The van der Waals surface area contributed by atoms with Crippen molar-refractivity contribution in [2.24, 2.45) is 0 Å². The number of aliphatic hydroxyl groups is 1. The number of ether oxygens (including phenoxy) is 1. The first-order chi connectivity index (χ1) is 7.84. The molecule has 1 aliphatic rings. The molecule has 1 aliphatic heterocycles. The van der Waals surface area contributed by atoms with Crippen LogP contribution in [0.25, 0.3) is 10.8 Å². The molecule has 0 atom stereocenters. The second-order valence-corrected chi connectivity index (χ2v) is 4.49. The van der Waals surface area contributed by atoms with Crippen molar-refractivity contribution in [1.29, 1.82) is 0 Å². The van der Waals surface area contributed by atoms with Gasteiger partial charge in [-0.1, -0.05) is 42.5 Å². The summed E-state index contributed by atoms with van der Waals surface area (Å²) in [5.74, 6) is 0. The van der Waals surface area contributed by atoms with Crippen LogP contribution in [0.3, 0.4) is 0 Å². The number of hydrogen-bond donors (Lipinski definition) is 1. The molecule has 1 saturated heterocycles. The van der Waals surface area contributed by atoms with Gasteiger partial charge in [-0.25, -0.2) is 0 Å². The molecule has 1 N–H and O–H groups in total. The van der Waals surface area contributed by atoms with Gasteiger partial charge in [0.25, 0.3) is 0 Å². The van der Waals surface area contributed by atoms with E-state index in [4.69, 9.17) is 4.74 Å². The van der Waals surface area contributed by atoms with Crippen LogP contribution in [0.1, 0.15) is 5.56 Å². The van der Waals surface area contributed by atoms with Crippen LogP contribution in [0.5, 0.6) is 0 Å². The molecule has 0 saturated carbocycles. The maximum atomic E-state index is 9.48. The molecule has 1 fully saturated rings. The molecule has 3 rings (SSSR count). The number of benzene rings is 2. The summed E-state index contributed by atoms with van der Waals surface area (Å²) < 4.78 is 5.24. The first-order valence-electron chi connectivity index (χ1n) is 5.52. The third kappa shape index (κ3) is 1.34. The standard InChI is InChI=1S/C14H14O2/c15-8-14(9-16-10-14)13-6-5-11-3-1-2-4-12(11)7-13/h1-7,15H,8-10H2. The summed E-state index contributed by atoms with van der Waals surface area (Å²) in [6.07, 6.45) is 0. The van der Waals surface area contributed by atoms with Crippen LogP contribution in [-0.4, -0.2) is 24.9 Å². The van der Waals surface area contributed by atoms with Crippen molar-refractivity contribution in [3.05, 3.63) is 48.0 Å². The Morgan fingerprint density at radius 2 is 1.81 bits per heavy atom. The minimum absolute atomic E-state index is 0.158. The predicted molar refractivity (Wildman–Crippen MR) is 63.5 cm³/mol. The molecule has 16 heavy (non-hydrogen) atoms. The van der Waals surface area contributed by atoms with Gasteiger partial charge in [0.1, 0.15) is 0 Å². The third-order valence-corrected chi connectivity index (χ3v) is 3.42. The number of aliphatic hydroxyl groups excluding tert-OH is 1. The van der Waals surface area contributed by atoms with Gasteiger partial charge in [-0.15, -0.1) is 0 Å². The summed E-state index contributed by atoms with van der Waals surface area (Å²) in [5, 5.41) is 11.9. The maximum absolute atomic E-state index is 9.48. The zero-order valence-corrected chi connectivity index (χ0v) is 9.02. The van der Waals surface area contributed by atoms with Crippen LogP contribution in [0.15, 0.2) is 42.5 Å². The lowest BCUT2D eigenvalue weighted by atomic mass is 9.79. The molecule has 0 aliphatic carbocycles. The van der Waals surface area contributed by atoms with Gasteiger partial charge in [0.05, 0.1) is 25.2 Å². The normalized spacial score (nSPS) is 18.3. The monoisotopic (exact) mass is 214 g/mol. The minimum atomic E-state index is -0.163. The highest BCUT2D eigenvalue weighted by atomic mass is 16.5. The van der Waals surface area contributed by atoms with Crippen LogP contribution in [0.2, 0.25) is 0 Å². The van der Waals surface area contributed by atoms with Crippen molar-refractivity contribution in [2.75, 3.05) is 19.8 Å². The van der Waals surface area contributed by atoms with Crippen LogP contribution in [-0.2, 0) is 10.2 Å². The predicted octanol–water partition coefficient (Wildman–Crippen LogP) is 2.10. The summed E-state index contributed by atoms with van der Waals surface area (Å²) in [6, 6.07) is 14.6. The molecule has 1 heterocycles. The number of rotatable bonds is 2. The van der Waals surface area contributed by atoms with Crippen molar-refractivity contribution in [2.45, 2.75) is 5.41 Å². The first kappa shape index (κ1) is 9.82. The fourth-order valence-corrected chi connectivity index (χ4v) is 2.22. The molecule has 2 nitrogen and oxygen atoms in total. The Morgan fingerprint density at radius 3 is 2.44 bits per heavy atom. The molecular weight excluding hydrogens is 200 g/mol. The highest BCUT2D eigenvalue weighted by Crippen LogP contribution is 2.33. The fourth-order valence-electron chi connectivity index (χ4n) is 2.22. The largest absolute Gasteiger partial charge is 0.395 e. The number of hydrogen-bond acceptors (Lipinski definition) is 2. The Labute approximate surface area is 94.5 Å². The van der Waals surface area contributed by atoms with E-state index in [1.807, 2.05) is 12.1 Å². The second kappa shape index (κ2) is 3.58. The third-order valence-electron chi connectivity index (χ3n) is 3.42. The summed E-state index contributed by atoms with van der Waals surface area (Å²) in [5.41, 5.74) is 1.02. The van der Waals surface area contributed by atoms with E-state index >= 15 is 0 Å². The molecule has 0 radical (unpaired) electrons. The molecule has 0 spiro atoms. The van der Waals surface area contributed by atoms with Gasteiger partial charge in [0, 0.05) is 0 Å². The summed E-state index contributed by atoms with van der Waals surface area (Å²) in [7, 11) is 0. The molecule has 2 heteroatoms. The zero-order valence-electron chi connectivity index (χ0n) is 9.02. The molecular formula is C14H14O2. The molecule has 2 aromatic rings. The van der Waals surface area contributed by atoms with Gasteiger partial charge in [-0.2, -0.15) is 0 Å². The van der Waals surface area contributed by atoms with Gasteiger partial charge in [-0.05, 0) is 16.3 Å². The Kier molecular flexibility index (Phi) is 2.20. The fraction of sp³-hybridized carbons (Fsp3) is 0.286. The van der Waals surface area contributed by atoms with Crippen molar-refractivity contribution in [3.63, 3.8) is 0 Å². The average Bonchev–Trinajstić information content (AvgIpc) is 2.28. The summed E-state index contributed by atoms with van der Waals surface area (Å²) >= 11 is 0. The van der Waals surface area contributed by atoms with Crippen LogP contribution in [0.4, 0.5) is 0 Å². The molecule has 82 valence electrons. The van der Waals surface area contributed by atoms with Crippen LogP contribution < -0.4 is 0 Å². The van der Waals surface area contributed by atoms with Gasteiger partial charge < -0.3 is 9.84 Å². The van der Waals surface area contributed by atoms with E-state index in [9.17, 15) is 5.11 Å². The lowest BCUT2D eigenvalue weighted by Gasteiger charge is -2.40. The van der Waals surface area contributed by atoms with Crippen LogP contribution in [0, 0.1) is 0 Å². The van der Waals surface area contributed by atoms with E-state index in [0.29, 0.717) is 13.2 Å². The topological polar surface area (TPSA) is 29.5 Å². The second-order valence-electron chi connectivity index (χ2n) is 4.49. The van der Waals surface area contributed by atoms with E-state index in [-0.39, 0.29) is 12.0 Å². The maximum Gasteiger partial charge on any atom is 0.0651 e. The lowest BCUT2D eigenvalue weighted by Crippen LogP contribution is -2.49. The molecule has 0 amide bonds. The van der Waals surface area contributed by atoms with Gasteiger partial charge >= 0.3 is 0 Å². The molecule has 0 bridgehead atoms. The van der Waals surface area contributed by atoms with Crippen molar-refractivity contribution in [3.8, 4) is 0 Å². The van der Waals surface area contributed by atoms with E-state index in [1.165, 1.54) is 16.3 Å². The molecule has 0 aromatic heterocycles. The SMILES string of the molecule is OCC1(c2ccc3ccccc3c2)COC1. The Bertz CT molecular complexity index is 509. The Hall–Kier alpha value is -1.38. The molecule has 2 aromatic carbocycles. The smallest absolute Gasteiger partial charge is 0.0651 e. The van der Waals surface area contributed by atoms with Crippen LogP contribution >= 0.6 is 0 Å². The van der Waals surface area contributed by atoms with E-state index in [1.54, 1.807) is 0 Å². The summed E-state index contributed by atoms with van der Waals surface area (Å²) in [6.45, 7) is 1.41. The first-order valence-corrected chi connectivity index (χ1v) is 5.52. The van der Waals surface area contributed by atoms with E-state index in [2.05, 4.69) is 30.3 Å². The van der Waals surface area contributed by atoms with Gasteiger partial charge in [-0.3, -0.25) is 0 Å². The summed E-state index contributed by atoms with van der Waals surface area (Å²) in [4.78, 5) is 0. The number of fused-ring (bicyclic) bond motifs is 1.